The summed E-state index contributed by atoms with van der Waals surface area (Å²) in [7, 11) is 0. The Balaban J connectivity index is 1.25. The number of aromatic nitrogens is 4. The van der Waals surface area contributed by atoms with Crippen LogP contribution < -0.4 is 15.0 Å². The molecule has 150 valence electrons. The van der Waals surface area contributed by atoms with E-state index in [1.54, 1.807) is 24.8 Å². The number of nitrogens with one attached hydrogen (secondary N) is 1. The molecule has 0 radical (unpaired) electrons. The summed E-state index contributed by atoms with van der Waals surface area (Å²) in [5.74, 6) is 2.06. The standard InChI is InChI=1S/C21H24N6O2/c1-2-24-21(25-3-1)26-14-15-10-17(11-15)29-19-13-16(27-6-8-28-9-7-27)12-18-20(19)23-5-4-22-18/h1-5,12-13,15,17H,6-11,14H2,(H,24,25,26). The molecule has 1 saturated carbocycles. The van der Waals surface area contributed by atoms with Crippen molar-refractivity contribution < 1.29 is 9.47 Å². The van der Waals surface area contributed by atoms with Crippen LogP contribution in [-0.4, -0.2) is 58.9 Å². The van der Waals surface area contributed by atoms with E-state index in [0.29, 0.717) is 11.9 Å². The molecule has 2 aromatic heterocycles. The van der Waals surface area contributed by atoms with Crippen molar-refractivity contribution in [3.8, 4) is 5.75 Å². The summed E-state index contributed by atoms with van der Waals surface area (Å²) in [5.41, 5.74) is 2.81. The largest absolute Gasteiger partial charge is 0.488 e. The van der Waals surface area contributed by atoms with Crippen molar-refractivity contribution in [1.29, 1.82) is 0 Å². The summed E-state index contributed by atoms with van der Waals surface area (Å²) in [6, 6.07) is 6.01. The fourth-order valence-corrected chi connectivity index (χ4v) is 3.87. The molecule has 29 heavy (non-hydrogen) atoms. The quantitative estimate of drug-likeness (QED) is 0.685. The van der Waals surface area contributed by atoms with E-state index >= 15 is 0 Å². The van der Waals surface area contributed by atoms with E-state index in [9.17, 15) is 0 Å². The lowest BCUT2D eigenvalue weighted by Crippen LogP contribution is -2.38. The Kier molecular flexibility index (Phi) is 5.08. The molecule has 2 fully saturated rings. The predicted molar refractivity (Wildman–Crippen MR) is 110 cm³/mol. The third kappa shape index (κ3) is 4.07. The molecule has 0 spiro atoms. The van der Waals surface area contributed by atoms with Crippen molar-refractivity contribution >= 4 is 22.7 Å². The van der Waals surface area contributed by atoms with Crippen LogP contribution in [0.15, 0.2) is 43.0 Å². The number of hydrogen-bond acceptors (Lipinski definition) is 8. The highest BCUT2D eigenvalue weighted by Crippen LogP contribution is 2.36. The molecule has 8 heteroatoms. The first-order chi connectivity index (χ1) is 14.3. The van der Waals surface area contributed by atoms with Crippen LogP contribution in [0.25, 0.3) is 11.0 Å². The van der Waals surface area contributed by atoms with Crippen LogP contribution in [-0.2, 0) is 4.74 Å². The van der Waals surface area contributed by atoms with Gasteiger partial charge in [0.1, 0.15) is 11.3 Å². The average Bonchev–Trinajstić information content (AvgIpc) is 2.76. The highest BCUT2D eigenvalue weighted by molar-refractivity contribution is 5.85. The Bertz CT molecular complexity index is 958. The number of fused-ring (bicyclic) bond motifs is 1. The minimum Gasteiger partial charge on any atom is -0.488 e. The van der Waals surface area contributed by atoms with E-state index in [2.05, 4.69) is 42.3 Å². The Labute approximate surface area is 169 Å². The van der Waals surface area contributed by atoms with Gasteiger partial charge in [-0.25, -0.2) is 15.0 Å². The molecule has 0 bridgehead atoms. The summed E-state index contributed by atoms with van der Waals surface area (Å²) < 4.78 is 11.8. The molecule has 0 amide bonds. The van der Waals surface area contributed by atoms with E-state index < -0.39 is 0 Å². The van der Waals surface area contributed by atoms with Crippen LogP contribution in [0.4, 0.5) is 11.6 Å². The predicted octanol–water partition coefficient (Wildman–Crippen LogP) is 2.53. The second-order valence-electron chi connectivity index (χ2n) is 7.50. The molecule has 3 heterocycles. The lowest BCUT2D eigenvalue weighted by Gasteiger charge is -2.36. The monoisotopic (exact) mass is 392 g/mol. The Morgan fingerprint density at radius 2 is 1.79 bits per heavy atom. The topological polar surface area (TPSA) is 85.3 Å². The van der Waals surface area contributed by atoms with Gasteiger partial charge >= 0.3 is 0 Å². The van der Waals surface area contributed by atoms with Crippen molar-refractivity contribution in [2.24, 2.45) is 5.92 Å². The molecule has 0 atom stereocenters. The second kappa shape index (κ2) is 8.16. The van der Waals surface area contributed by atoms with Crippen LogP contribution in [0.3, 0.4) is 0 Å². The van der Waals surface area contributed by atoms with E-state index in [-0.39, 0.29) is 6.10 Å². The molecule has 1 aliphatic carbocycles. The Hall–Kier alpha value is -3.00. The van der Waals surface area contributed by atoms with Crippen LogP contribution in [0.5, 0.6) is 5.75 Å². The van der Waals surface area contributed by atoms with Gasteiger partial charge in [0.2, 0.25) is 5.95 Å². The number of anilines is 2. The maximum atomic E-state index is 6.36. The molecule has 1 saturated heterocycles. The smallest absolute Gasteiger partial charge is 0.222 e. The van der Waals surface area contributed by atoms with E-state index in [0.717, 1.165) is 68.2 Å². The van der Waals surface area contributed by atoms with E-state index in [1.807, 2.05) is 6.07 Å². The average molecular weight is 392 g/mol. The fraction of sp³-hybridized carbons (Fsp3) is 0.429. The van der Waals surface area contributed by atoms with Gasteiger partial charge in [-0.15, -0.1) is 0 Å². The minimum absolute atomic E-state index is 0.198. The molecule has 2 aliphatic rings. The fourth-order valence-electron chi connectivity index (χ4n) is 3.87. The van der Waals surface area contributed by atoms with Crippen molar-refractivity contribution in [1.82, 2.24) is 19.9 Å². The Morgan fingerprint density at radius 3 is 2.62 bits per heavy atom. The van der Waals surface area contributed by atoms with Gasteiger partial charge in [-0.1, -0.05) is 0 Å². The van der Waals surface area contributed by atoms with Gasteiger partial charge in [0.15, 0.2) is 0 Å². The normalized spacial score (nSPS) is 21.6. The molecule has 0 unspecified atom stereocenters. The molecular weight excluding hydrogens is 368 g/mol. The Morgan fingerprint density at radius 1 is 1.00 bits per heavy atom. The lowest BCUT2D eigenvalue weighted by atomic mass is 9.82. The van der Waals surface area contributed by atoms with Crippen LogP contribution >= 0.6 is 0 Å². The van der Waals surface area contributed by atoms with Crippen molar-refractivity contribution in [2.45, 2.75) is 18.9 Å². The molecule has 5 rings (SSSR count). The second-order valence-corrected chi connectivity index (χ2v) is 7.50. The maximum absolute atomic E-state index is 6.36. The van der Waals surface area contributed by atoms with Gasteiger partial charge in [0.25, 0.3) is 0 Å². The van der Waals surface area contributed by atoms with Crippen LogP contribution in [0.1, 0.15) is 12.8 Å². The summed E-state index contributed by atoms with van der Waals surface area (Å²) in [5, 5.41) is 3.29. The molecule has 1 N–H and O–H groups in total. The summed E-state index contributed by atoms with van der Waals surface area (Å²) in [6.07, 6.45) is 9.14. The third-order valence-corrected chi connectivity index (χ3v) is 5.50. The third-order valence-electron chi connectivity index (χ3n) is 5.50. The highest BCUT2D eigenvalue weighted by atomic mass is 16.5. The zero-order valence-corrected chi connectivity index (χ0v) is 16.2. The molecule has 1 aromatic carbocycles. The summed E-state index contributed by atoms with van der Waals surface area (Å²) >= 11 is 0. The number of hydrogen-bond donors (Lipinski definition) is 1. The van der Waals surface area contributed by atoms with Gasteiger partial charge in [-0.2, -0.15) is 0 Å². The van der Waals surface area contributed by atoms with Crippen LogP contribution in [0, 0.1) is 5.92 Å². The zero-order chi connectivity index (χ0) is 19.5. The zero-order valence-electron chi connectivity index (χ0n) is 16.2. The highest BCUT2D eigenvalue weighted by Gasteiger charge is 2.31. The van der Waals surface area contributed by atoms with Gasteiger partial charge in [0, 0.05) is 56.2 Å². The van der Waals surface area contributed by atoms with Crippen LogP contribution in [0.2, 0.25) is 0 Å². The number of benzene rings is 1. The van der Waals surface area contributed by atoms with Gasteiger partial charge in [0.05, 0.1) is 24.8 Å². The number of ether oxygens (including phenoxy) is 2. The minimum atomic E-state index is 0.198. The SMILES string of the molecule is c1cnc(NCC2CC(Oc3cc(N4CCOCC4)cc4nccnc34)C2)nc1. The summed E-state index contributed by atoms with van der Waals surface area (Å²) in [4.78, 5) is 19.7. The van der Waals surface area contributed by atoms with Crippen molar-refractivity contribution in [2.75, 3.05) is 43.1 Å². The van der Waals surface area contributed by atoms with Gasteiger partial charge in [-0.05, 0) is 30.9 Å². The number of nitrogens with zero attached hydrogens (tertiary/aromatic N) is 5. The van der Waals surface area contributed by atoms with Gasteiger partial charge in [-0.3, -0.25) is 4.98 Å². The van der Waals surface area contributed by atoms with E-state index in [4.69, 9.17) is 9.47 Å². The molecular formula is C21H24N6O2. The molecule has 3 aromatic rings. The summed E-state index contributed by atoms with van der Waals surface area (Å²) in [6.45, 7) is 4.11. The van der Waals surface area contributed by atoms with Crippen molar-refractivity contribution in [3.05, 3.63) is 43.0 Å². The first kappa shape index (κ1) is 18.1. The maximum Gasteiger partial charge on any atom is 0.222 e. The van der Waals surface area contributed by atoms with E-state index in [1.165, 1.54) is 0 Å². The molecule has 1 aliphatic heterocycles. The first-order valence-electron chi connectivity index (χ1n) is 10.1. The number of morpholine rings is 1. The first-order valence-corrected chi connectivity index (χ1v) is 10.1. The van der Waals surface area contributed by atoms with Gasteiger partial charge < -0.3 is 19.7 Å². The van der Waals surface area contributed by atoms with Crippen molar-refractivity contribution in [3.63, 3.8) is 0 Å². The number of rotatable bonds is 6. The lowest BCUT2D eigenvalue weighted by molar-refractivity contribution is 0.0721. The molecule has 8 nitrogen and oxygen atoms in total.